The predicted octanol–water partition coefficient (Wildman–Crippen LogP) is 4.76. The number of nitrogens with one attached hydrogen (secondary N) is 1. The number of ether oxygens (including phenoxy) is 1. The Balaban J connectivity index is 1.90. The fourth-order valence-electron chi connectivity index (χ4n) is 3.38. The molecule has 0 radical (unpaired) electrons. The van der Waals surface area contributed by atoms with E-state index in [1.165, 1.54) is 18.4 Å². The minimum Gasteiger partial charge on any atom is -0.497 e. The molecule has 1 N–H and O–H groups in total. The standard InChI is InChI=1S/C20H32N2O2/c1-15(2)7-5-8-16(3)21-20(23)22-14-6-9-19(22)17-10-12-18(24-4)13-11-17/h10-13,15-16,19H,5-9,14H2,1-4H3,(H,21,23). The van der Waals surface area contributed by atoms with Crippen LogP contribution in [0.4, 0.5) is 4.79 Å². The minimum absolute atomic E-state index is 0.0744. The second-order valence-electron chi connectivity index (χ2n) is 7.30. The van der Waals surface area contributed by atoms with Crippen LogP contribution in [0.3, 0.4) is 0 Å². The molecule has 1 aromatic rings. The van der Waals surface area contributed by atoms with E-state index in [1.807, 2.05) is 17.0 Å². The Morgan fingerprint density at radius 2 is 1.96 bits per heavy atom. The maximum atomic E-state index is 12.6. The van der Waals surface area contributed by atoms with Gasteiger partial charge in [-0.1, -0.05) is 38.8 Å². The number of rotatable bonds is 7. The largest absolute Gasteiger partial charge is 0.497 e. The highest BCUT2D eigenvalue weighted by atomic mass is 16.5. The quantitative estimate of drug-likeness (QED) is 0.782. The summed E-state index contributed by atoms with van der Waals surface area (Å²) in [5, 5.41) is 3.18. The normalized spacial score (nSPS) is 18.7. The molecule has 0 bridgehead atoms. The highest BCUT2D eigenvalue weighted by molar-refractivity contribution is 5.75. The summed E-state index contributed by atoms with van der Waals surface area (Å²) in [6.07, 6.45) is 5.53. The smallest absolute Gasteiger partial charge is 0.318 e. The number of hydrogen-bond acceptors (Lipinski definition) is 2. The molecule has 2 atom stereocenters. The topological polar surface area (TPSA) is 41.6 Å². The van der Waals surface area contributed by atoms with Gasteiger partial charge in [0.05, 0.1) is 13.2 Å². The molecule has 0 aromatic heterocycles. The van der Waals surface area contributed by atoms with Crippen LogP contribution in [-0.4, -0.2) is 30.6 Å². The number of nitrogens with zero attached hydrogens (tertiary/aromatic N) is 1. The van der Waals surface area contributed by atoms with E-state index in [9.17, 15) is 4.79 Å². The van der Waals surface area contributed by atoms with E-state index >= 15 is 0 Å². The Morgan fingerprint density at radius 3 is 2.58 bits per heavy atom. The molecule has 0 aliphatic carbocycles. The van der Waals surface area contributed by atoms with Crippen molar-refractivity contribution in [3.63, 3.8) is 0 Å². The Bertz CT molecular complexity index is 513. The molecule has 1 aliphatic rings. The molecule has 1 heterocycles. The summed E-state index contributed by atoms with van der Waals surface area (Å²) >= 11 is 0. The zero-order chi connectivity index (χ0) is 17.5. The van der Waals surface area contributed by atoms with Crippen molar-refractivity contribution in [3.05, 3.63) is 29.8 Å². The summed E-state index contributed by atoms with van der Waals surface area (Å²) in [5.41, 5.74) is 1.19. The summed E-state index contributed by atoms with van der Waals surface area (Å²) in [5.74, 6) is 1.58. The lowest BCUT2D eigenvalue weighted by Gasteiger charge is -2.27. The van der Waals surface area contributed by atoms with E-state index in [0.717, 1.165) is 37.5 Å². The SMILES string of the molecule is COc1ccc(C2CCCN2C(=O)NC(C)CCCC(C)C)cc1. The first-order valence-corrected chi connectivity index (χ1v) is 9.22. The Kier molecular flexibility index (Phi) is 6.95. The molecule has 134 valence electrons. The Labute approximate surface area is 146 Å². The van der Waals surface area contributed by atoms with E-state index < -0.39 is 0 Å². The monoisotopic (exact) mass is 332 g/mol. The van der Waals surface area contributed by atoms with Crippen molar-refractivity contribution in [2.45, 2.75) is 65.0 Å². The molecule has 2 amide bonds. The van der Waals surface area contributed by atoms with Gasteiger partial charge in [-0.05, 0) is 49.8 Å². The first kappa shape index (κ1) is 18.6. The molecule has 0 saturated carbocycles. The fraction of sp³-hybridized carbons (Fsp3) is 0.650. The first-order chi connectivity index (χ1) is 11.5. The van der Waals surface area contributed by atoms with Crippen molar-refractivity contribution in [2.75, 3.05) is 13.7 Å². The van der Waals surface area contributed by atoms with Crippen LogP contribution in [-0.2, 0) is 0 Å². The lowest BCUT2D eigenvalue weighted by molar-refractivity contribution is 0.189. The number of amides is 2. The van der Waals surface area contributed by atoms with Gasteiger partial charge in [0, 0.05) is 12.6 Å². The molecule has 1 fully saturated rings. The molecule has 1 aromatic carbocycles. The third kappa shape index (κ3) is 5.15. The highest BCUT2D eigenvalue weighted by Gasteiger charge is 2.30. The maximum absolute atomic E-state index is 12.6. The second kappa shape index (κ2) is 8.95. The van der Waals surface area contributed by atoms with Gasteiger partial charge < -0.3 is 15.0 Å². The van der Waals surface area contributed by atoms with Crippen LogP contribution in [0.5, 0.6) is 5.75 Å². The number of methoxy groups -OCH3 is 1. The minimum atomic E-state index is 0.0744. The van der Waals surface area contributed by atoms with Gasteiger partial charge in [0.15, 0.2) is 0 Å². The van der Waals surface area contributed by atoms with E-state index in [1.54, 1.807) is 7.11 Å². The van der Waals surface area contributed by atoms with Crippen molar-refractivity contribution in [1.82, 2.24) is 10.2 Å². The van der Waals surface area contributed by atoms with E-state index in [0.29, 0.717) is 0 Å². The molecule has 1 saturated heterocycles. The molecule has 2 rings (SSSR count). The molecular weight excluding hydrogens is 300 g/mol. The van der Waals surface area contributed by atoms with Crippen molar-refractivity contribution < 1.29 is 9.53 Å². The highest BCUT2D eigenvalue weighted by Crippen LogP contribution is 2.32. The summed E-state index contributed by atoms with van der Waals surface area (Å²) in [4.78, 5) is 14.6. The van der Waals surface area contributed by atoms with Gasteiger partial charge in [-0.25, -0.2) is 4.79 Å². The van der Waals surface area contributed by atoms with Crippen LogP contribution in [0.15, 0.2) is 24.3 Å². The summed E-state index contributed by atoms with van der Waals surface area (Å²) in [6, 6.07) is 8.57. The summed E-state index contributed by atoms with van der Waals surface area (Å²) in [7, 11) is 1.67. The summed E-state index contributed by atoms with van der Waals surface area (Å²) < 4.78 is 5.22. The van der Waals surface area contributed by atoms with Crippen molar-refractivity contribution in [3.8, 4) is 5.75 Å². The van der Waals surface area contributed by atoms with Crippen molar-refractivity contribution in [2.24, 2.45) is 5.92 Å². The lowest BCUT2D eigenvalue weighted by Crippen LogP contribution is -2.43. The second-order valence-corrected chi connectivity index (χ2v) is 7.30. The predicted molar refractivity (Wildman–Crippen MR) is 98.4 cm³/mol. The van der Waals surface area contributed by atoms with Crippen LogP contribution in [0.25, 0.3) is 0 Å². The molecule has 0 spiro atoms. The van der Waals surface area contributed by atoms with Crippen LogP contribution in [0.2, 0.25) is 0 Å². The Hall–Kier alpha value is -1.71. The van der Waals surface area contributed by atoms with Gasteiger partial charge in [0.1, 0.15) is 5.75 Å². The van der Waals surface area contributed by atoms with Gasteiger partial charge in [-0.3, -0.25) is 0 Å². The average molecular weight is 332 g/mol. The lowest BCUT2D eigenvalue weighted by atomic mass is 10.0. The van der Waals surface area contributed by atoms with E-state index in [2.05, 4.69) is 38.2 Å². The molecular formula is C20H32N2O2. The third-order valence-electron chi connectivity index (χ3n) is 4.80. The summed E-state index contributed by atoms with van der Waals surface area (Å²) in [6.45, 7) is 7.43. The Morgan fingerprint density at radius 1 is 1.25 bits per heavy atom. The van der Waals surface area contributed by atoms with Crippen molar-refractivity contribution >= 4 is 6.03 Å². The van der Waals surface area contributed by atoms with Crippen LogP contribution in [0, 0.1) is 5.92 Å². The first-order valence-electron chi connectivity index (χ1n) is 9.22. The number of likely N-dealkylation sites (tertiary alicyclic amines) is 1. The van der Waals surface area contributed by atoms with Gasteiger partial charge in [0.2, 0.25) is 0 Å². The number of benzene rings is 1. The molecule has 24 heavy (non-hydrogen) atoms. The van der Waals surface area contributed by atoms with Crippen LogP contribution in [0.1, 0.15) is 64.5 Å². The van der Waals surface area contributed by atoms with E-state index in [4.69, 9.17) is 4.74 Å². The zero-order valence-electron chi connectivity index (χ0n) is 15.5. The number of carbonyl (C=O) groups excluding carboxylic acids is 1. The van der Waals surface area contributed by atoms with Crippen LogP contribution >= 0.6 is 0 Å². The zero-order valence-corrected chi connectivity index (χ0v) is 15.5. The number of carbonyl (C=O) groups is 1. The number of urea groups is 1. The molecule has 2 unspecified atom stereocenters. The third-order valence-corrected chi connectivity index (χ3v) is 4.80. The molecule has 4 nitrogen and oxygen atoms in total. The van der Waals surface area contributed by atoms with Crippen LogP contribution < -0.4 is 10.1 Å². The molecule has 1 aliphatic heterocycles. The van der Waals surface area contributed by atoms with E-state index in [-0.39, 0.29) is 18.1 Å². The van der Waals surface area contributed by atoms with Gasteiger partial charge in [-0.2, -0.15) is 0 Å². The van der Waals surface area contributed by atoms with Gasteiger partial charge in [0.25, 0.3) is 0 Å². The maximum Gasteiger partial charge on any atom is 0.318 e. The average Bonchev–Trinajstić information content (AvgIpc) is 3.04. The van der Waals surface area contributed by atoms with Crippen molar-refractivity contribution in [1.29, 1.82) is 0 Å². The fourth-order valence-corrected chi connectivity index (χ4v) is 3.38. The molecule has 4 heteroatoms. The number of hydrogen-bond donors (Lipinski definition) is 1. The van der Waals surface area contributed by atoms with Gasteiger partial charge in [-0.15, -0.1) is 0 Å². The van der Waals surface area contributed by atoms with Gasteiger partial charge >= 0.3 is 6.03 Å².